The first-order valence-corrected chi connectivity index (χ1v) is 11.3. The normalized spacial score (nSPS) is 11.3. The Balaban J connectivity index is 1.64. The van der Waals surface area contributed by atoms with Crippen LogP contribution in [0.5, 0.6) is 5.75 Å². The molecule has 172 valence electrons. The van der Waals surface area contributed by atoms with Gasteiger partial charge in [0.25, 0.3) is 0 Å². The highest BCUT2D eigenvalue weighted by molar-refractivity contribution is 5.91. The number of hydrogen-bond donors (Lipinski definition) is 1. The predicted molar refractivity (Wildman–Crippen MR) is 134 cm³/mol. The lowest BCUT2D eigenvalue weighted by molar-refractivity contribution is -0.139. The van der Waals surface area contributed by atoms with Gasteiger partial charge in [-0.1, -0.05) is 103 Å². The van der Waals surface area contributed by atoms with Gasteiger partial charge in [-0.3, -0.25) is 4.79 Å². The Morgan fingerprint density at radius 1 is 0.743 bits per heavy atom. The van der Waals surface area contributed by atoms with E-state index in [0.717, 1.165) is 16.7 Å². The zero-order valence-electron chi connectivity index (χ0n) is 19.0. The maximum Gasteiger partial charge on any atom is 0.334 e. The molecule has 4 aromatic rings. The van der Waals surface area contributed by atoms with Crippen LogP contribution in [0.1, 0.15) is 28.2 Å². The minimum Gasteiger partial charge on any atom is -0.424 e. The Hall–Kier alpha value is -4.69. The maximum absolute atomic E-state index is 13.7. The van der Waals surface area contributed by atoms with Crippen LogP contribution in [0, 0.1) is 11.3 Å². The van der Waals surface area contributed by atoms with Crippen LogP contribution in [0.15, 0.2) is 115 Å². The summed E-state index contributed by atoms with van der Waals surface area (Å²) in [6.07, 6.45) is 0.246. The summed E-state index contributed by atoms with van der Waals surface area (Å²) >= 11 is 0. The molecule has 0 spiro atoms. The van der Waals surface area contributed by atoms with Crippen LogP contribution >= 0.6 is 0 Å². The summed E-state index contributed by atoms with van der Waals surface area (Å²) in [4.78, 5) is 26.9. The summed E-state index contributed by atoms with van der Waals surface area (Å²) in [7, 11) is 0. The van der Waals surface area contributed by atoms with E-state index in [-0.39, 0.29) is 23.6 Å². The number of nitriles is 1. The van der Waals surface area contributed by atoms with E-state index in [2.05, 4.69) is 5.32 Å². The number of rotatable bonds is 8. The minimum atomic E-state index is -0.952. The van der Waals surface area contributed by atoms with Crippen LogP contribution in [0.2, 0.25) is 0 Å². The molecule has 4 rings (SSSR count). The number of ether oxygens (including phenoxy) is 1. The van der Waals surface area contributed by atoms with Gasteiger partial charge in [0.05, 0.1) is 11.5 Å². The van der Waals surface area contributed by atoms with E-state index in [1.54, 1.807) is 24.3 Å². The average molecular weight is 461 g/mol. The lowest BCUT2D eigenvalue weighted by Gasteiger charge is -2.23. The lowest BCUT2D eigenvalue weighted by atomic mass is 9.90. The Morgan fingerprint density at radius 2 is 1.26 bits per heavy atom. The van der Waals surface area contributed by atoms with Crippen molar-refractivity contribution >= 4 is 11.9 Å². The third-order valence-electron chi connectivity index (χ3n) is 5.63. The molecule has 5 nitrogen and oxygen atoms in total. The number of carbonyl (C=O) groups is 2. The smallest absolute Gasteiger partial charge is 0.334 e. The molecular weight excluding hydrogens is 436 g/mol. The number of esters is 1. The molecule has 0 aliphatic rings. The zero-order valence-corrected chi connectivity index (χ0v) is 19.0. The fourth-order valence-corrected chi connectivity index (χ4v) is 3.91. The van der Waals surface area contributed by atoms with E-state index in [0.29, 0.717) is 0 Å². The molecule has 0 aromatic heterocycles. The van der Waals surface area contributed by atoms with E-state index in [9.17, 15) is 14.9 Å². The third-order valence-corrected chi connectivity index (χ3v) is 5.63. The summed E-state index contributed by atoms with van der Waals surface area (Å²) in [5.74, 6) is -1.39. The highest BCUT2D eigenvalue weighted by atomic mass is 16.5. The fourth-order valence-electron chi connectivity index (χ4n) is 3.91. The van der Waals surface area contributed by atoms with Gasteiger partial charge in [-0.2, -0.15) is 5.26 Å². The molecular formula is C30H24N2O3. The van der Waals surface area contributed by atoms with Crippen LogP contribution in [-0.4, -0.2) is 17.9 Å². The monoisotopic (exact) mass is 460 g/mol. The van der Waals surface area contributed by atoms with Crippen molar-refractivity contribution in [3.8, 4) is 11.8 Å². The van der Waals surface area contributed by atoms with Crippen LogP contribution in [0.25, 0.3) is 0 Å². The molecule has 1 N–H and O–H groups in total. The maximum atomic E-state index is 13.7. The Labute approximate surface area is 204 Å². The van der Waals surface area contributed by atoms with Crippen LogP contribution in [0.3, 0.4) is 0 Å². The molecule has 1 amide bonds. The predicted octanol–water partition coefficient (Wildman–Crippen LogP) is 5.02. The second kappa shape index (κ2) is 11.4. The molecule has 5 heteroatoms. The topological polar surface area (TPSA) is 79.2 Å². The summed E-state index contributed by atoms with van der Waals surface area (Å²) in [5.41, 5.74) is 2.76. The molecule has 1 atom stereocenters. The van der Waals surface area contributed by atoms with E-state index >= 15 is 0 Å². The molecule has 0 saturated carbocycles. The number of nitrogens with one attached hydrogen (secondary N) is 1. The molecule has 0 aliphatic carbocycles. The number of carbonyl (C=O) groups excluding carboxylic acids is 2. The molecule has 0 fully saturated rings. The molecule has 1 unspecified atom stereocenters. The van der Waals surface area contributed by atoms with Gasteiger partial charge in [-0.15, -0.1) is 0 Å². The van der Waals surface area contributed by atoms with Crippen LogP contribution in [0.4, 0.5) is 0 Å². The minimum absolute atomic E-state index is 0.162. The van der Waals surface area contributed by atoms with Gasteiger partial charge >= 0.3 is 5.97 Å². The zero-order chi connectivity index (χ0) is 24.5. The van der Waals surface area contributed by atoms with Crippen LogP contribution in [-0.2, 0) is 16.0 Å². The van der Waals surface area contributed by atoms with Crippen molar-refractivity contribution in [2.45, 2.75) is 18.4 Å². The summed E-state index contributed by atoms with van der Waals surface area (Å²) < 4.78 is 5.59. The highest BCUT2D eigenvalue weighted by Gasteiger charge is 2.29. The first-order valence-electron chi connectivity index (χ1n) is 11.3. The summed E-state index contributed by atoms with van der Waals surface area (Å²) in [6, 6.07) is 35.9. The summed E-state index contributed by atoms with van der Waals surface area (Å²) in [6.45, 7) is 0. The van der Waals surface area contributed by atoms with E-state index in [1.165, 1.54) is 0 Å². The van der Waals surface area contributed by atoms with Crippen molar-refractivity contribution in [2.75, 3.05) is 0 Å². The molecule has 0 bridgehead atoms. The van der Waals surface area contributed by atoms with Gasteiger partial charge in [-0.25, -0.2) is 4.79 Å². The van der Waals surface area contributed by atoms with Crippen molar-refractivity contribution in [3.63, 3.8) is 0 Å². The second-order valence-electron chi connectivity index (χ2n) is 8.03. The number of benzene rings is 4. The average Bonchev–Trinajstić information content (AvgIpc) is 2.90. The van der Waals surface area contributed by atoms with Crippen molar-refractivity contribution in [3.05, 3.63) is 138 Å². The molecule has 0 aliphatic heterocycles. The SMILES string of the molecule is N#Cc1ccccc1OC(=O)C(Cc1ccccc1)NC(=O)C(c1ccccc1)c1ccccc1. The van der Waals surface area contributed by atoms with Crippen LogP contribution < -0.4 is 10.1 Å². The molecule has 0 saturated heterocycles. The number of nitrogens with zero attached hydrogens (tertiary/aromatic N) is 1. The Kier molecular flexibility index (Phi) is 7.67. The van der Waals surface area contributed by atoms with Gasteiger partial charge in [0.1, 0.15) is 17.9 Å². The van der Waals surface area contributed by atoms with Gasteiger partial charge in [0, 0.05) is 6.42 Å². The van der Waals surface area contributed by atoms with Crippen molar-refractivity contribution in [1.29, 1.82) is 5.26 Å². The van der Waals surface area contributed by atoms with Gasteiger partial charge < -0.3 is 10.1 Å². The number of amides is 1. The standard InChI is InChI=1S/C30H24N2O3/c31-21-25-18-10-11-19-27(25)35-30(34)26(20-22-12-4-1-5-13-22)32-29(33)28(23-14-6-2-7-15-23)24-16-8-3-9-17-24/h1-19,26,28H,20H2,(H,32,33). The van der Waals surface area contributed by atoms with E-state index in [4.69, 9.17) is 4.74 Å². The summed E-state index contributed by atoms with van der Waals surface area (Å²) in [5, 5.41) is 12.3. The highest BCUT2D eigenvalue weighted by Crippen LogP contribution is 2.25. The van der Waals surface area contributed by atoms with Gasteiger partial charge in [0.2, 0.25) is 5.91 Å². The van der Waals surface area contributed by atoms with E-state index in [1.807, 2.05) is 97.1 Å². The molecule has 4 aromatic carbocycles. The van der Waals surface area contributed by atoms with Crippen molar-refractivity contribution in [1.82, 2.24) is 5.32 Å². The third kappa shape index (κ3) is 6.01. The largest absolute Gasteiger partial charge is 0.424 e. The lowest BCUT2D eigenvalue weighted by Crippen LogP contribution is -2.46. The quantitative estimate of drug-likeness (QED) is 0.296. The molecule has 0 radical (unpaired) electrons. The first kappa shape index (κ1) is 23.5. The number of hydrogen-bond acceptors (Lipinski definition) is 4. The van der Waals surface area contributed by atoms with Gasteiger partial charge in [-0.05, 0) is 28.8 Å². The fraction of sp³-hybridized carbons (Fsp3) is 0.100. The second-order valence-corrected chi connectivity index (χ2v) is 8.03. The Bertz CT molecular complexity index is 1280. The number of para-hydroxylation sites is 1. The Morgan fingerprint density at radius 3 is 1.83 bits per heavy atom. The molecule has 35 heavy (non-hydrogen) atoms. The van der Waals surface area contributed by atoms with E-state index < -0.39 is 17.9 Å². The van der Waals surface area contributed by atoms with Crippen molar-refractivity contribution in [2.24, 2.45) is 0 Å². The first-order chi connectivity index (χ1) is 17.2. The van der Waals surface area contributed by atoms with Crippen molar-refractivity contribution < 1.29 is 14.3 Å². The van der Waals surface area contributed by atoms with Gasteiger partial charge in [0.15, 0.2) is 0 Å². The molecule has 0 heterocycles.